The maximum absolute atomic E-state index is 11.1. The van der Waals surface area contributed by atoms with E-state index in [1.807, 2.05) is 25.1 Å². The first-order valence-electron chi connectivity index (χ1n) is 10.0. The number of piperidine rings is 1. The van der Waals surface area contributed by atoms with Crippen LogP contribution in [0.3, 0.4) is 0 Å². The zero-order chi connectivity index (χ0) is 20.7. The molecule has 2 aromatic heterocycles. The molecular formula is C21H29N4O3S+. The summed E-state index contributed by atoms with van der Waals surface area (Å²) < 4.78 is 12.8. The highest BCUT2D eigenvalue weighted by Crippen LogP contribution is 2.39. The highest BCUT2D eigenvalue weighted by atomic mass is 32.1. The number of aromatic nitrogens is 3. The van der Waals surface area contributed by atoms with E-state index in [-0.39, 0.29) is 11.9 Å². The van der Waals surface area contributed by atoms with Gasteiger partial charge in [-0.3, -0.25) is 0 Å². The van der Waals surface area contributed by atoms with Crippen LogP contribution in [0.1, 0.15) is 42.6 Å². The molecule has 0 bridgehead atoms. The van der Waals surface area contributed by atoms with Gasteiger partial charge in [0.05, 0.1) is 32.9 Å². The van der Waals surface area contributed by atoms with Crippen molar-refractivity contribution in [1.82, 2.24) is 14.6 Å². The van der Waals surface area contributed by atoms with Gasteiger partial charge in [0.1, 0.15) is 22.2 Å². The second kappa shape index (κ2) is 7.84. The van der Waals surface area contributed by atoms with Crippen LogP contribution in [0, 0.1) is 18.8 Å². The third kappa shape index (κ3) is 3.67. The van der Waals surface area contributed by atoms with Crippen molar-refractivity contribution in [3.8, 4) is 17.4 Å². The topological polar surface area (TPSA) is 73.3 Å². The van der Waals surface area contributed by atoms with Gasteiger partial charge in [0, 0.05) is 11.8 Å². The molecule has 0 unspecified atom stereocenters. The molecule has 2 N–H and O–H groups in total. The monoisotopic (exact) mass is 417 g/mol. The molecule has 156 valence electrons. The lowest BCUT2D eigenvalue weighted by Gasteiger charge is -2.37. The lowest BCUT2D eigenvalue weighted by molar-refractivity contribution is -0.936. The van der Waals surface area contributed by atoms with Crippen LogP contribution in [-0.4, -0.2) is 47.0 Å². The lowest BCUT2D eigenvalue weighted by atomic mass is 9.89. The maximum Gasteiger partial charge on any atom is 0.235 e. The van der Waals surface area contributed by atoms with Gasteiger partial charge in [-0.1, -0.05) is 25.2 Å². The van der Waals surface area contributed by atoms with Gasteiger partial charge in [-0.2, -0.15) is 4.52 Å². The fourth-order valence-electron chi connectivity index (χ4n) is 4.72. The number of nitrogens with zero attached hydrogens (tertiary/aromatic N) is 3. The largest absolute Gasteiger partial charge is 0.497 e. The van der Waals surface area contributed by atoms with Crippen molar-refractivity contribution in [2.45, 2.75) is 33.2 Å². The number of likely N-dealkylation sites (tertiary alicyclic amines) is 1. The zero-order valence-corrected chi connectivity index (χ0v) is 18.4. The Morgan fingerprint density at radius 1 is 1.21 bits per heavy atom. The predicted molar refractivity (Wildman–Crippen MR) is 112 cm³/mol. The molecule has 7 nitrogen and oxygen atoms in total. The van der Waals surface area contributed by atoms with E-state index in [9.17, 15) is 5.11 Å². The van der Waals surface area contributed by atoms with E-state index >= 15 is 0 Å². The van der Waals surface area contributed by atoms with Crippen LogP contribution in [0.4, 0.5) is 0 Å². The second-order valence-electron chi connectivity index (χ2n) is 8.20. The highest BCUT2D eigenvalue weighted by Gasteiger charge is 2.38. The third-order valence-electron chi connectivity index (χ3n) is 5.75. The van der Waals surface area contributed by atoms with Crippen molar-refractivity contribution < 1.29 is 19.5 Å². The molecule has 3 atom stereocenters. The van der Waals surface area contributed by atoms with Gasteiger partial charge in [0.25, 0.3) is 0 Å². The molecule has 0 saturated carbocycles. The number of rotatable bonds is 5. The Morgan fingerprint density at radius 3 is 2.55 bits per heavy atom. The fourth-order valence-corrected chi connectivity index (χ4v) is 5.89. The highest BCUT2D eigenvalue weighted by molar-refractivity contribution is 7.17. The van der Waals surface area contributed by atoms with Crippen LogP contribution >= 0.6 is 11.3 Å². The minimum Gasteiger partial charge on any atom is -0.497 e. The van der Waals surface area contributed by atoms with Gasteiger partial charge >= 0.3 is 0 Å². The molecule has 4 rings (SSSR count). The summed E-state index contributed by atoms with van der Waals surface area (Å²) in [5.74, 6) is 3.61. The average molecular weight is 418 g/mol. The van der Waals surface area contributed by atoms with Crippen LogP contribution in [0.2, 0.25) is 0 Å². The van der Waals surface area contributed by atoms with Crippen molar-refractivity contribution in [3.05, 3.63) is 34.5 Å². The summed E-state index contributed by atoms with van der Waals surface area (Å²) in [4.78, 5) is 7.45. The molecule has 1 aliphatic rings. The molecule has 3 aromatic rings. The van der Waals surface area contributed by atoms with E-state index < -0.39 is 0 Å². The molecule has 0 spiro atoms. The number of benzene rings is 1. The summed E-state index contributed by atoms with van der Waals surface area (Å²) in [6, 6.07) is 5.79. The van der Waals surface area contributed by atoms with Crippen molar-refractivity contribution >= 4 is 16.3 Å². The number of aromatic hydroxyl groups is 1. The third-order valence-corrected chi connectivity index (χ3v) is 6.83. The zero-order valence-electron chi connectivity index (χ0n) is 17.6. The summed E-state index contributed by atoms with van der Waals surface area (Å²) >= 11 is 1.50. The first-order chi connectivity index (χ1) is 13.9. The number of methoxy groups -OCH3 is 2. The number of thiazole rings is 1. The van der Waals surface area contributed by atoms with Gasteiger partial charge in [-0.25, -0.2) is 4.98 Å². The van der Waals surface area contributed by atoms with Gasteiger partial charge in [0.15, 0.2) is 6.04 Å². The van der Waals surface area contributed by atoms with E-state index in [0.29, 0.717) is 22.6 Å². The second-order valence-corrected chi connectivity index (χ2v) is 9.21. The summed E-state index contributed by atoms with van der Waals surface area (Å²) in [5.41, 5.74) is 1.01. The minimum absolute atomic E-state index is 0.0842. The number of hydrogen-bond acceptors (Lipinski definition) is 6. The average Bonchev–Trinajstić information content (AvgIpc) is 3.18. The fraction of sp³-hybridized carbons (Fsp3) is 0.524. The van der Waals surface area contributed by atoms with Gasteiger partial charge < -0.3 is 19.5 Å². The molecule has 0 radical (unpaired) electrons. The lowest BCUT2D eigenvalue weighted by Crippen LogP contribution is -3.14. The van der Waals surface area contributed by atoms with Crippen LogP contribution in [0.25, 0.3) is 4.96 Å². The summed E-state index contributed by atoms with van der Waals surface area (Å²) in [6.45, 7) is 8.51. The molecule has 8 heteroatoms. The Morgan fingerprint density at radius 2 is 1.93 bits per heavy atom. The summed E-state index contributed by atoms with van der Waals surface area (Å²) in [5, 5.41) is 15.4. The predicted octanol–water partition coefficient (Wildman–Crippen LogP) is 2.47. The van der Waals surface area contributed by atoms with Crippen LogP contribution in [-0.2, 0) is 0 Å². The summed E-state index contributed by atoms with van der Waals surface area (Å²) in [7, 11) is 3.35. The van der Waals surface area contributed by atoms with Crippen LogP contribution in [0.5, 0.6) is 17.4 Å². The molecule has 1 fully saturated rings. The molecule has 1 aromatic carbocycles. The molecular weight excluding hydrogens is 388 g/mol. The van der Waals surface area contributed by atoms with Gasteiger partial charge in [-0.05, 0) is 31.5 Å². The first-order valence-corrected chi connectivity index (χ1v) is 10.8. The normalized spacial score (nSPS) is 23.3. The molecule has 0 amide bonds. The van der Waals surface area contributed by atoms with E-state index in [0.717, 1.165) is 35.0 Å². The minimum atomic E-state index is -0.0842. The maximum atomic E-state index is 11.1. The molecule has 1 aliphatic heterocycles. The Kier molecular flexibility index (Phi) is 5.40. The van der Waals surface area contributed by atoms with Crippen molar-refractivity contribution in [2.75, 3.05) is 27.3 Å². The number of nitrogens with one attached hydrogen (secondary N) is 1. The Bertz CT molecular complexity index is 1000. The quantitative estimate of drug-likeness (QED) is 0.667. The Hall–Kier alpha value is -2.32. The van der Waals surface area contributed by atoms with Crippen molar-refractivity contribution in [1.29, 1.82) is 0 Å². The molecule has 3 heterocycles. The standard InChI is InChI=1S/C21H28N4O3S/c1-12-8-13(2)11-24(10-12)18(16-9-15(27-4)6-7-17(16)28-5)19-20(26)25-21(29-19)22-14(3)23-25/h6-7,9,12-13,18,26H,8,10-11H2,1-5H3/p+1/t12-,13-,18-/m0/s1. The van der Waals surface area contributed by atoms with Gasteiger partial charge in [0.2, 0.25) is 10.8 Å². The van der Waals surface area contributed by atoms with E-state index in [4.69, 9.17) is 9.47 Å². The molecule has 29 heavy (non-hydrogen) atoms. The number of aryl methyl sites for hydroxylation is 1. The smallest absolute Gasteiger partial charge is 0.235 e. The number of quaternary nitrogens is 1. The van der Waals surface area contributed by atoms with Crippen LogP contribution < -0.4 is 14.4 Å². The number of hydrogen-bond donors (Lipinski definition) is 2. The number of ether oxygens (including phenoxy) is 2. The number of fused-ring (bicyclic) bond motifs is 1. The molecule has 1 saturated heterocycles. The molecule has 0 aliphatic carbocycles. The van der Waals surface area contributed by atoms with E-state index in [2.05, 4.69) is 23.9 Å². The van der Waals surface area contributed by atoms with Gasteiger partial charge in [-0.15, -0.1) is 5.10 Å². The van der Waals surface area contributed by atoms with E-state index in [1.54, 1.807) is 18.7 Å². The Labute approximate surface area is 174 Å². The van der Waals surface area contributed by atoms with Crippen molar-refractivity contribution in [3.63, 3.8) is 0 Å². The summed E-state index contributed by atoms with van der Waals surface area (Å²) in [6.07, 6.45) is 1.23. The first kappa shape index (κ1) is 20.0. The Balaban J connectivity index is 1.90. The van der Waals surface area contributed by atoms with Crippen molar-refractivity contribution in [2.24, 2.45) is 11.8 Å². The van der Waals surface area contributed by atoms with E-state index in [1.165, 1.54) is 22.7 Å². The SMILES string of the molecule is COc1ccc(OC)c([C@@H](c2sc3nc(C)nn3c2O)[NH+]2C[C@@H](C)C[C@H](C)C2)c1. The van der Waals surface area contributed by atoms with Crippen LogP contribution in [0.15, 0.2) is 18.2 Å².